The first-order chi connectivity index (χ1) is 4.08. The standard InChI is InChI=1S/C3H7O5P/c4-9(5,6)8-3-1-7-2-3/h3H,1-2H2,(H2,4,5,6). The van der Waals surface area contributed by atoms with Crippen LogP contribution in [0.4, 0.5) is 0 Å². The van der Waals surface area contributed by atoms with E-state index >= 15 is 0 Å². The average molecular weight is 154 g/mol. The van der Waals surface area contributed by atoms with Crippen molar-refractivity contribution in [3.05, 3.63) is 0 Å². The molecule has 54 valence electrons. The molecule has 2 N–H and O–H groups in total. The average Bonchev–Trinajstić information content (AvgIpc) is 1.53. The van der Waals surface area contributed by atoms with Gasteiger partial charge in [0.1, 0.15) is 6.10 Å². The predicted octanol–water partition coefficient (Wildman–Crippen LogP) is -0.506. The number of rotatable bonds is 2. The Hall–Kier alpha value is 0.0700. The van der Waals surface area contributed by atoms with Crippen LogP contribution in [0, 0.1) is 0 Å². The highest BCUT2D eigenvalue weighted by molar-refractivity contribution is 7.46. The summed E-state index contributed by atoms with van der Waals surface area (Å²) >= 11 is 0. The third-order valence-electron chi connectivity index (χ3n) is 0.894. The molecule has 0 spiro atoms. The van der Waals surface area contributed by atoms with Gasteiger partial charge in [0.2, 0.25) is 0 Å². The van der Waals surface area contributed by atoms with E-state index in [1.807, 2.05) is 0 Å². The van der Waals surface area contributed by atoms with Crippen molar-refractivity contribution in [2.45, 2.75) is 6.10 Å². The van der Waals surface area contributed by atoms with Crippen LogP contribution in [0.25, 0.3) is 0 Å². The van der Waals surface area contributed by atoms with Gasteiger partial charge in [-0.25, -0.2) is 4.57 Å². The summed E-state index contributed by atoms with van der Waals surface area (Å²) in [7, 11) is -4.27. The van der Waals surface area contributed by atoms with Crippen LogP contribution in [0.1, 0.15) is 0 Å². The third kappa shape index (κ3) is 2.43. The molecule has 6 heteroatoms. The van der Waals surface area contributed by atoms with E-state index in [0.29, 0.717) is 0 Å². The van der Waals surface area contributed by atoms with Crippen molar-refractivity contribution in [1.82, 2.24) is 0 Å². The normalized spacial score (nSPS) is 21.6. The molecule has 0 atom stereocenters. The van der Waals surface area contributed by atoms with Crippen LogP contribution >= 0.6 is 7.82 Å². The Morgan fingerprint density at radius 3 is 2.22 bits per heavy atom. The molecule has 9 heavy (non-hydrogen) atoms. The van der Waals surface area contributed by atoms with Crippen LogP contribution < -0.4 is 0 Å². The molecule has 1 saturated heterocycles. The summed E-state index contributed by atoms with van der Waals surface area (Å²) in [5, 5.41) is 0. The van der Waals surface area contributed by atoms with E-state index < -0.39 is 13.9 Å². The molecular formula is C3H7O5P. The van der Waals surface area contributed by atoms with E-state index in [1.165, 1.54) is 0 Å². The van der Waals surface area contributed by atoms with E-state index in [-0.39, 0.29) is 13.2 Å². The second kappa shape index (κ2) is 2.36. The fourth-order valence-corrected chi connectivity index (χ4v) is 0.979. The fraction of sp³-hybridized carbons (Fsp3) is 1.00. The first-order valence-corrected chi connectivity index (χ1v) is 3.92. The SMILES string of the molecule is O=P(O)(O)OC1COC1. The molecule has 1 heterocycles. The second-order valence-corrected chi connectivity index (χ2v) is 2.95. The van der Waals surface area contributed by atoms with Crippen LogP contribution in [-0.2, 0) is 13.8 Å². The minimum Gasteiger partial charge on any atom is -0.376 e. The smallest absolute Gasteiger partial charge is 0.376 e. The number of hydrogen-bond donors (Lipinski definition) is 2. The Morgan fingerprint density at radius 1 is 1.56 bits per heavy atom. The largest absolute Gasteiger partial charge is 0.470 e. The first-order valence-electron chi connectivity index (χ1n) is 2.39. The Kier molecular flexibility index (Phi) is 1.88. The quantitative estimate of drug-likeness (QED) is 0.524. The lowest BCUT2D eigenvalue weighted by molar-refractivity contribution is -0.0891. The van der Waals surface area contributed by atoms with Gasteiger partial charge in [-0.3, -0.25) is 4.52 Å². The van der Waals surface area contributed by atoms with Crippen LogP contribution in [0.3, 0.4) is 0 Å². The molecular weight excluding hydrogens is 147 g/mol. The zero-order chi connectivity index (χ0) is 6.91. The zero-order valence-electron chi connectivity index (χ0n) is 4.56. The summed E-state index contributed by atoms with van der Waals surface area (Å²) in [5.74, 6) is 0. The maximum Gasteiger partial charge on any atom is 0.470 e. The molecule has 0 aromatic heterocycles. The topological polar surface area (TPSA) is 76.0 Å². The lowest BCUT2D eigenvalue weighted by Gasteiger charge is -2.25. The molecule has 0 aliphatic carbocycles. The molecule has 0 saturated carbocycles. The molecule has 0 aromatic carbocycles. The predicted molar refractivity (Wildman–Crippen MR) is 27.7 cm³/mol. The molecule has 0 amide bonds. The van der Waals surface area contributed by atoms with E-state index in [0.717, 1.165) is 0 Å². The summed E-state index contributed by atoms with van der Waals surface area (Å²) in [4.78, 5) is 16.4. The summed E-state index contributed by atoms with van der Waals surface area (Å²) in [6.07, 6.45) is -0.411. The van der Waals surface area contributed by atoms with Crippen molar-refractivity contribution in [3.8, 4) is 0 Å². The first kappa shape index (κ1) is 7.18. The Labute approximate surface area is 51.8 Å². The van der Waals surface area contributed by atoms with E-state index in [1.54, 1.807) is 0 Å². The van der Waals surface area contributed by atoms with E-state index in [9.17, 15) is 4.57 Å². The van der Waals surface area contributed by atoms with Gasteiger partial charge in [0, 0.05) is 0 Å². The summed E-state index contributed by atoms with van der Waals surface area (Å²) in [6.45, 7) is 0.566. The number of ether oxygens (including phenoxy) is 1. The second-order valence-electron chi connectivity index (χ2n) is 1.76. The maximum atomic E-state index is 10.1. The van der Waals surface area contributed by atoms with Gasteiger partial charge in [0.05, 0.1) is 13.2 Å². The molecule has 0 unspecified atom stereocenters. The number of phosphoric ester groups is 1. The summed E-state index contributed by atoms with van der Waals surface area (Å²) in [6, 6.07) is 0. The fourth-order valence-electron chi connectivity index (χ4n) is 0.469. The lowest BCUT2D eigenvalue weighted by atomic mass is 10.3. The van der Waals surface area contributed by atoms with Gasteiger partial charge in [0.25, 0.3) is 0 Å². The zero-order valence-corrected chi connectivity index (χ0v) is 5.45. The van der Waals surface area contributed by atoms with E-state index in [4.69, 9.17) is 9.79 Å². The molecule has 1 fully saturated rings. The van der Waals surface area contributed by atoms with Gasteiger partial charge in [-0.1, -0.05) is 0 Å². The maximum absolute atomic E-state index is 10.1. The van der Waals surface area contributed by atoms with Crippen LogP contribution in [0.2, 0.25) is 0 Å². The minimum atomic E-state index is -4.27. The van der Waals surface area contributed by atoms with E-state index in [2.05, 4.69) is 9.26 Å². The van der Waals surface area contributed by atoms with Crippen molar-refractivity contribution in [2.75, 3.05) is 13.2 Å². The Balaban J connectivity index is 2.24. The van der Waals surface area contributed by atoms with Gasteiger partial charge >= 0.3 is 7.82 Å². The summed E-state index contributed by atoms with van der Waals surface area (Å²) in [5.41, 5.74) is 0. The minimum absolute atomic E-state index is 0.283. The van der Waals surface area contributed by atoms with Crippen molar-refractivity contribution in [1.29, 1.82) is 0 Å². The van der Waals surface area contributed by atoms with Crippen LogP contribution in [0.5, 0.6) is 0 Å². The van der Waals surface area contributed by atoms with Gasteiger partial charge in [-0.15, -0.1) is 0 Å². The molecule has 1 rings (SSSR count). The molecule has 1 aliphatic rings. The number of hydrogen-bond acceptors (Lipinski definition) is 3. The third-order valence-corrected chi connectivity index (χ3v) is 1.47. The summed E-state index contributed by atoms with van der Waals surface area (Å²) < 4.78 is 18.9. The van der Waals surface area contributed by atoms with Gasteiger partial charge in [-0.05, 0) is 0 Å². The monoisotopic (exact) mass is 154 g/mol. The highest BCUT2D eigenvalue weighted by Gasteiger charge is 2.27. The lowest BCUT2D eigenvalue weighted by Crippen LogP contribution is -2.35. The molecule has 1 aliphatic heterocycles. The van der Waals surface area contributed by atoms with Crippen LogP contribution in [0.15, 0.2) is 0 Å². The molecule has 5 nitrogen and oxygen atoms in total. The molecule has 0 aromatic rings. The van der Waals surface area contributed by atoms with Gasteiger partial charge < -0.3 is 14.5 Å². The van der Waals surface area contributed by atoms with Gasteiger partial charge in [-0.2, -0.15) is 0 Å². The number of phosphoric acid groups is 1. The van der Waals surface area contributed by atoms with Gasteiger partial charge in [0.15, 0.2) is 0 Å². The molecule has 0 radical (unpaired) electrons. The van der Waals surface area contributed by atoms with Crippen LogP contribution in [-0.4, -0.2) is 29.1 Å². The highest BCUT2D eigenvalue weighted by Crippen LogP contribution is 2.38. The molecule has 0 bridgehead atoms. The van der Waals surface area contributed by atoms with Crippen molar-refractivity contribution < 1.29 is 23.6 Å². The highest BCUT2D eigenvalue weighted by atomic mass is 31.2. The Morgan fingerprint density at radius 2 is 2.11 bits per heavy atom. The van der Waals surface area contributed by atoms with Crippen molar-refractivity contribution in [3.63, 3.8) is 0 Å². The van der Waals surface area contributed by atoms with Crippen molar-refractivity contribution >= 4 is 7.82 Å². The Bertz CT molecular complexity index is 135. The van der Waals surface area contributed by atoms with Crippen molar-refractivity contribution in [2.24, 2.45) is 0 Å².